The molecule has 0 aliphatic rings. The molecule has 0 bridgehead atoms. The van der Waals surface area contributed by atoms with Crippen molar-refractivity contribution in [2.75, 3.05) is 13.7 Å². The molecular formula is C10H14NO2+. The highest BCUT2D eigenvalue weighted by molar-refractivity contribution is 5.78. The van der Waals surface area contributed by atoms with Gasteiger partial charge in [-0.25, -0.2) is 0 Å². The smallest absolute Gasteiger partial charge is 0.318 e. The molecule has 70 valence electrons. The van der Waals surface area contributed by atoms with Crippen LogP contribution in [0.2, 0.25) is 0 Å². The Kier molecular flexibility index (Phi) is 3.46. The summed E-state index contributed by atoms with van der Waals surface area (Å²) in [7, 11) is 1.40. The molecule has 0 saturated heterocycles. The van der Waals surface area contributed by atoms with Crippen LogP contribution in [0.25, 0.3) is 0 Å². The first kappa shape index (κ1) is 9.74. The third-order valence-electron chi connectivity index (χ3n) is 1.98. The summed E-state index contributed by atoms with van der Waals surface area (Å²) in [6, 6.07) is 9.54. The summed E-state index contributed by atoms with van der Waals surface area (Å²) in [5.74, 6) is -0.451. The van der Waals surface area contributed by atoms with Gasteiger partial charge in [0.1, 0.15) is 5.92 Å². The Balaban J connectivity index is 2.85. The molecule has 0 aliphatic heterocycles. The van der Waals surface area contributed by atoms with E-state index in [0.717, 1.165) is 5.56 Å². The van der Waals surface area contributed by atoms with E-state index < -0.39 is 0 Å². The van der Waals surface area contributed by atoms with Crippen molar-refractivity contribution >= 4 is 5.97 Å². The van der Waals surface area contributed by atoms with Gasteiger partial charge in [-0.05, 0) is 5.56 Å². The second-order valence-corrected chi connectivity index (χ2v) is 2.78. The number of rotatable bonds is 3. The van der Waals surface area contributed by atoms with Crippen LogP contribution >= 0.6 is 0 Å². The summed E-state index contributed by atoms with van der Waals surface area (Å²) in [5.41, 5.74) is 4.69. The highest BCUT2D eigenvalue weighted by Gasteiger charge is 2.20. The lowest BCUT2D eigenvalue weighted by atomic mass is 10.00. The van der Waals surface area contributed by atoms with Crippen LogP contribution in [0.15, 0.2) is 30.3 Å². The maximum Gasteiger partial charge on any atom is 0.318 e. The van der Waals surface area contributed by atoms with Crippen molar-refractivity contribution in [3.05, 3.63) is 35.9 Å². The lowest BCUT2D eigenvalue weighted by molar-refractivity contribution is -0.370. The molecule has 1 rings (SSSR count). The molecule has 0 heterocycles. The second kappa shape index (κ2) is 4.62. The topological polar surface area (TPSA) is 53.9 Å². The molecule has 0 aliphatic carbocycles. The number of ether oxygens (including phenoxy) is 1. The minimum absolute atomic E-state index is 0.221. The number of carbonyl (C=O) groups excluding carboxylic acids is 1. The normalized spacial score (nSPS) is 12.2. The van der Waals surface area contributed by atoms with Crippen LogP contribution in [-0.4, -0.2) is 19.6 Å². The van der Waals surface area contributed by atoms with Crippen molar-refractivity contribution in [2.45, 2.75) is 5.92 Å². The predicted molar refractivity (Wildman–Crippen MR) is 49.0 cm³/mol. The van der Waals surface area contributed by atoms with E-state index in [2.05, 4.69) is 10.5 Å². The zero-order valence-electron chi connectivity index (χ0n) is 7.69. The zero-order valence-corrected chi connectivity index (χ0v) is 7.69. The minimum atomic E-state index is -0.230. The number of quaternary nitrogens is 1. The molecule has 0 amide bonds. The molecule has 0 spiro atoms. The van der Waals surface area contributed by atoms with Gasteiger partial charge in [-0.1, -0.05) is 30.3 Å². The number of benzene rings is 1. The Hall–Kier alpha value is -1.35. The van der Waals surface area contributed by atoms with Crippen LogP contribution in [0, 0.1) is 0 Å². The molecule has 0 fully saturated rings. The van der Waals surface area contributed by atoms with Gasteiger partial charge < -0.3 is 10.5 Å². The van der Waals surface area contributed by atoms with Crippen LogP contribution in [0.3, 0.4) is 0 Å². The first-order valence-electron chi connectivity index (χ1n) is 4.21. The van der Waals surface area contributed by atoms with Gasteiger partial charge in [0.05, 0.1) is 13.7 Å². The number of hydrogen-bond acceptors (Lipinski definition) is 2. The second-order valence-electron chi connectivity index (χ2n) is 2.78. The maximum atomic E-state index is 11.3. The van der Waals surface area contributed by atoms with Crippen molar-refractivity contribution in [3.8, 4) is 0 Å². The standard InChI is InChI=1S/C10H13NO2/c1-13-10(12)9(7-11)8-5-3-2-4-6-8/h2-6,9H,7,11H2,1H3/p+1/t9-/m0/s1. The van der Waals surface area contributed by atoms with Gasteiger partial charge in [-0.15, -0.1) is 0 Å². The van der Waals surface area contributed by atoms with Crippen LogP contribution in [0.1, 0.15) is 11.5 Å². The van der Waals surface area contributed by atoms with Gasteiger partial charge in [0, 0.05) is 0 Å². The summed E-state index contributed by atoms with van der Waals surface area (Å²) in [4.78, 5) is 11.3. The first-order chi connectivity index (χ1) is 6.29. The summed E-state index contributed by atoms with van der Waals surface area (Å²) in [6.07, 6.45) is 0. The van der Waals surface area contributed by atoms with Crippen molar-refractivity contribution < 1.29 is 15.3 Å². The van der Waals surface area contributed by atoms with Gasteiger partial charge in [0.25, 0.3) is 0 Å². The number of hydrogen-bond donors (Lipinski definition) is 1. The van der Waals surface area contributed by atoms with E-state index in [1.807, 2.05) is 30.3 Å². The van der Waals surface area contributed by atoms with E-state index in [1.54, 1.807) is 0 Å². The van der Waals surface area contributed by atoms with Gasteiger partial charge in [-0.2, -0.15) is 0 Å². The molecule has 3 N–H and O–H groups in total. The molecular weight excluding hydrogens is 166 g/mol. The van der Waals surface area contributed by atoms with Crippen LogP contribution in [-0.2, 0) is 9.53 Å². The number of esters is 1. The fourth-order valence-electron chi connectivity index (χ4n) is 1.25. The van der Waals surface area contributed by atoms with E-state index in [-0.39, 0.29) is 11.9 Å². The average molecular weight is 180 g/mol. The first-order valence-corrected chi connectivity index (χ1v) is 4.21. The third-order valence-corrected chi connectivity index (χ3v) is 1.98. The zero-order chi connectivity index (χ0) is 9.68. The summed E-state index contributed by atoms with van der Waals surface area (Å²) in [5, 5.41) is 0. The fourth-order valence-corrected chi connectivity index (χ4v) is 1.25. The average Bonchev–Trinajstić information content (AvgIpc) is 2.20. The number of carbonyl (C=O) groups is 1. The quantitative estimate of drug-likeness (QED) is 0.675. The van der Waals surface area contributed by atoms with Crippen LogP contribution < -0.4 is 5.73 Å². The van der Waals surface area contributed by atoms with E-state index in [1.165, 1.54) is 7.11 Å². The molecule has 0 unspecified atom stereocenters. The Morgan fingerprint density at radius 2 is 2.08 bits per heavy atom. The highest BCUT2D eigenvalue weighted by Crippen LogP contribution is 2.14. The van der Waals surface area contributed by atoms with Crippen molar-refractivity contribution in [1.29, 1.82) is 0 Å². The molecule has 3 nitrogen and oxygen atoms in total. The summed E-state index contributed by atoms with van der Waals surface area (Å²) in [6.45, 7) is 0.524. The van der Waals surface area contributed by atoms with Gasteiger partial charge in [0.2, 0.25) is 0 Å². The Labute approximate surface area is 77.5 Å². The summed E-state index contributed by atoms with van der Waals surface area (Å²) < 4.78 is 4.68. The van der Waals surface area contributed by atoms with Crippen molar-refractivity contribution in [3.63, 3.8) is 0 Å². The fraction of sp³-hybridized carbons (Fsp3) is 0.300. The minimum Gasteiger partial charge on any atom is -0.468 e. The predicted octanol–water partition coefficient (Wildman–Crippen LogP) is 0.185. The van der Waals surface area contributed by atoms with Gasteiger partial charge in [-0.3, -0.25) is 4.79 Å². The van der Waals surface area contributed by atoms with Crippen LogP contribution in [0.5, 0.6) is 0 Å². The van der Waals surface area contributed by atoms with Gasteiger partial charge >= 0.3 is 5.97 Å². The van der Waals surface area contributed by atoms with E-state index >= 15 is 0 Å². The van der Waals surface area contributed by atoms with Crippen molar-refractivity contribution in [1.82, 2.24) is 0 Å². The molecule has 3 heteroatoms. The Morgan fingerprint density at radius 3 is 2.54 bits per heavy atom. The molecule has 1 atom stereocenters. The Morgan fingerprint density at radius 1 is 1.46 bits per heavy atom. The number of methoxy groups -OCH3 is 1. The molecule has 0 radical (unpaired) electrons. The Bertz CT molecular complexity index is 272. The molecule has 13 heavy (non-hydrogen) atoms. The van der Waals surface area contributed by atoms with Gasteiger partial charge in [0.15, 0.2) is 0 Å². The third kappa shape index (κ3) is 2.29. The van der Waals surface area contributed by atoms with Crippen molar-refractivity contribution in [2.24, 2.45) is 0 Å². The largest absolute Gasteiger partial charge is 0.468 e. The van der Waals surface area contributed by atoms with Crippen LogP contribution in [0.4, 0.5) is 0 Å². The molecule has 0 saturated carbocycles. The monoisotopic (exact) mass is 180 g/mol. The molecule has 0 aromatic heterocycles. The lowest BCUT2D eigenvalue weighted by Crippen LogP contribution is -2.54. The van der Waals surface area contributed by atoms with E-state index in [9.17, 15) is 4.79 Å². The summed E-state index contributed by atoms with van der Waals surface area (Å²) >= 11 is 0. The molecule has 1 aromatic carbocycles. The molecule has 1 aromatic rings. The van der Waals surface area contributed by atoms with E-state index in [0.29, 0.717) is 6.54 Å². The van der Waals surface area contributed by atoms with E-state index in [4.69, 9.17) is 0 Å². The maximum absolute atomic E-state index is 11.3. The highest BCUT2D eigenvalue weighted by atomic mass is 16.5. The lowest BCUT2D eigenvalue weighted by Gasteiger charge is -2.09. The SMILES string of the molecule is COC(=O)[C@@H](C[NH3+])c1ccccc1.